The number of carbonyl (C=O) groups excluding carboxylic acids is 1. The summed E-state index contributed by atoms with van der Waals surface area (Å²) in [6.07, 6.45) is 4.38. The molecule has 0 bridgehead atoms. The molecule has 1 aromatic rings. The van der Waals surface area contributed by atoms with Crippen molar-refractivity contribution in [2.24, 2.45) is 0 Å². The predicted octanol–water partition coefficient (Wildman–Crippen LogP) is 1.84. The predicted molar refractivity (Wildman–Crippen MR) is 58.3 cm³/mol. The van der Waals surface area contributed by atoms with E-state index < -0.39 is 11.9 Å². The van der Waals surface area contributed by atoms with Gasteiger partial charge in [0.05, 0.1) is 6.26 Å². The van der Waals surface area contributed by atoms with E-state index in [4.69, 9.17) is 5.11 Å². The molecule has 0 aliphatic heterocycles. The van der Waals surface area contributed by atoms with E-state index in [1.165, 1.54) is 6.26 Å². The zero-order chi connectivity index (χ0) is 11.8. The van der Waals surface area contributed by atoms with Gasteiger partial charge < -0.3 is 9.84 Å². The molecule has 0 amide bonds. The average molecular weight is 218 g/mol. The highest BCUT2D eigenvalue weighted by Gasteiger charge is 1.94. The van der Waals surface area contributed by atoms with Gasteiger partial charge in [0.15, 0.2) is 0 Å². The van der Waals surface area contributed by atoms with Crippen LogP contribution in [0.1, 0.15) is 5.56 Å². The summed E-state index contributed by atoms with van der Waals surface area (Å²) in [4.78, 5) is 21.0. The number of esters is 1. The number of benzene rings is 1. The van der Waals surface area contributed by atoms with Crippen LogP contribution in [0.25, 0.3) is 6.08 Å². The van der Waals surface area contributed by atoms with Crippen molar-refractivity contribution in [2.75, 3.05) is 0 Å². The molecule has 82 valence electrons. The Morgan fingerprint density at radius 1 is 1.12 bits per heavy atom. The van der Waals surface area contributed by atoms with Crippen LogP contribution < -0.4 is 0 Å². The fourth-order valence-electron chi connectivity index (χ4n) is 0.922. The van der Waals surface area contributed by atoms with Crippen molar-refractivity contribution >= 4 is 18.0 Å². The fourth-order valence-corrected chi connectivity index (χ4v) is 0.922. The standard InChI is InChI=1S/C12H10O4/c13-11(14)6-7-12(15)16-9-8-10-4-2-1-3-5-10/h1-9H,(H,13,14)/b7-6+,9-8?. The summed E-state index contributed by atoms with van der Waals surface area (Å²) >= 11 is 0. The lowest BCUT2D eigenvalue weighted by atomic mass is 10.2. The smallest absolute Gasteiger partial charge is 0.335 e. The molecule has 0 unspecified atom stereocenters. The van der Waals surface area contributed by atoms with E-state index in [1.807, 2.05) is 30.3 Å². The monoisotopic (exact) mass is 218 g/mol. The highest BCUT2D eigenvalue weighted by molar-refractivity contribution is 5.91. The van der Waals surface area contributed by atoms with Crippen LogP contribution in [0.2, 0.25) is 0 Å². The molecule has 0 aromatic heterocycles. The largest absolute Gasteiger partial charge is 0.478 e. The number of rotatable bonds is 4. The van der Waals surface area contributed by atoms with Gasteiger partial charge in [-0.25, -0.2) is 9.59 Å². The molecule has 0 saturated carbocycles. The molecule has 0 heterocycles. The van der Waals surface area contributed by atoms with Crippen LogP contribution in [-0.4, -0.2) is 17.0 Å². The van der Waals surface area contributed by atoms with Crippen molar-refractivity contribution in [1.82, 2.24) is 0 Å². The quantitative estimate of drug-likeness (QED) is 0.476. The molecule has 1 aromatic carbocycles. The first kappa shape index (κ1) is 11.7. The first-order valence-corrected chi connectivity index (χ1v) is 4.52. The van der Waals surface area contributed by atoms with Crippen LogP contribution in [0.5, 0.6) is 0 Å². The lowest BCUT2D eigenvalue weighted by molar-refractivity contribution is -0.134. The maximum atomic E-state index is 10.9. The van der Waals surface area contributed by atoms with Crippen LogP contribution in [0.3, 0.4) is 0 Å². The van der Waals surface area contributed by atoms with Crippen molar-refractivity contribution in [2.45, 2.75) is 0 Å². The van der Waals surface area contributed by atoms with Gasteiger partial charge in [-0.3, -0.25) is 0 Å². The van der Waals surface area contributed by atoms with Gasteiger partial charge in [-0.1, -0.05) is 30.3 Å². The SMILES string of the molecule is O=C(O)/C=C/C(=O)OC=Cc1ccccc1. The molecular formula is C12H10O4. The number of carbonyl (C=O) groups is 2. The van der Waals surface area contributed by atoms with E-state index in [1.54, 1.807) is 6.08 Å². The minimum absolute atomic E-state index is 0.721. The third-order valence-electron chi connectivity index (χ3n) is 1.61. The zero-order valence-corrected chi connectivity index (χ0v) is 8.37. The molecule has 0 spiro atoms. The summed E-state index contributed by atoms with van der Waals surface area (Å²) in [7, 11) is 0. The number of hydrogen-bond acceptors (Lipinski definition) is 3. The summed E-state index contributed by atoms with van der Waals surface area (Å²) in [6.45, 7) is 0. The van der Waals surface area contributed by atoms with Crippen LogP contribution in [-0.2, 0) is 14.3 Å². The average Bonchev–Trinajstić information content (AvgIpc) is 2.28. The lowest BCUT2D eigenvalue weighted by Crippen LogP contribution is -1.96. The Morgan fingerprint density at radius 3 is 2.44 bits per heavy atom. The maximum absolute atomic E-state index is 10.9. The molecule has 0 aliphatic carbocycles. The van der Waals surface area contributed by atoms with E-state index in [0.29, 0.717) is 0 Å². The number of aliphatic carboxylic acids is 1. The number of hydrogen-bond donors (Lipinski definition) is 1. The Hall–Kier alpha value is -2.36. The first-order chi connectivity index (χ1) is 7.68. The second kappa shape index (κ2) is 6.19. The van der Waals surface area contributed by atoms with Gasteiger partial charge in [0, 0.05) is 12.2 Å². The minimum atomic E-state index is -1.19. The maximum Gasteiger partial charge on any atom is 0.335 e. The van der Waals surface area contributed by atoms with Gasteiger partial charge in [-0.05, 0) is 11.6 Å². The topological polar surface area (TPSA) is 63.6 Å². The van der Waals surface area contributed by atoms with Gasteiger partial charge in [-0.2, -0.15) is 0 Å². The van der Waals surface area contributed by atoms with Gasteiger partial charge in [-0.15, -0.1) is 0 Å². The van der Waals surface area contributed by atoms with Gasteiger partial charge >= 0.3 is 11.9 Å². The van der Waals surface area contributed by atoms with Crippen LogP contribution >= 0.6 is 0 Å². The highest BCUT2D eigenvalue weighted by atomic mass is 16.5. The molecule has 0 atom stereocenters. The van der Waals surface area contributed by atoms with Crippen molar-refractivity contribution < 1.29 is 19.4 Å². The van der Waals surface area contributed by atoms with Gasteiger partial charge in [0.25, 0.3) is 0 Å². The van der Waals surface area contributed by atoms with Gasteiger partial charge in [0.2, 0.25) is 0 Å². The highest BCUT2D eigenvalue weighted by Crippen LogP contribution is 2.00. The molecule has 4 nitrogen and oxygen atoms in total. The third-order valence-corrected chi connectivity index (χ3v) is 1.61. The Bertz CT molecular complexity index is 418. The molecule has 0 aliphatic rings. The second-order valence-electron chi connectivity index (χ2n) is 2.82. The lowest BCUT2D eigenvalue weighted by Gasteiger charge is -1.93. The Labute approximate surface area is 92.5 Å². The van der Waals surface area contributed by atoms with E-state index in [9.17, 15) is 9.59 Å². The summed E-state index contributed by atoms with van der Waals surface area (Å²) in [5.41, 5.74) is 0.887. The number of ether oxygens (including phenoxy) is 1. The van der Waals surface area contributed by atoms with E-state index in [0.717, 1.165) is 17.7 Å². The van der Waals surface area contributed by atoms with Gasteiger partial charge in [0.1, 0.15) is 0 Å². The minimum Gasteiger partial charge on any atom is -0.478 e. The zero-order valence-electron chi connectivity index (χ0n) is 8.37. The third kappa shape index (κ3) is 4.76. The second-order valence-corrected chi connectivity index (χ2v) is 2.82. The van der Waals surface area contributed by atoms with Crippen LogP contribution in [0.4, 0.5) is 0 Å². The van der Waals surface area contributed by atoms with Crippen molar-refractivity contribution in [3.63, 3.8) is 0 Å². The molecule has 1 rings (SSSR count). The summed E-state index contributed by atoms with van der Waals surface area (Å²) in [6, 6.07) is 9.27. The number of carboxylic acid groups (broad SMARTS) is 1. The fraction of sp³-hybridized carbons (Fsp3) is 0. The number of carboxylic acids is 1. The molecule has 0 saturated heterocycles. The van der Waals surface area contributed by atoms with E-state index >= 15 is 0 Å². The molecule has 4 heteroatoms. The molecular weight excluding hydrogens is 208 g/mol. The first-order valence-electron chi connectivity index (χ1n) is 4.52. The van der Waals surface area contributed by atoms with E-state index in [-0.39, 0.29) is 0 Å². The molecule has 0 fully saturated rings. The molecule has 16 heavy (non-hydrogen) atoms. The Morgan fingerprint density at radius 2 is 1.81 bits per heavy atom. The Kier molecular flexibility index (Phi) is 4.53. The normalized spacial score (nSPS) is 10.8. The van der Waals surface area contributed by atoms with Crippen LogP contribution in [0, 0.1) is 0 Å². The summed E-state index contributed by atoms with van der Waals surface area (Å²) in [5.74, 6) is -1.92. The van der Waals surface area contributed by atoms with Crippen molar-refractivity contribution in [3.8, 4) is 0 Å². The van der Waals surface area contributed by atoms with Crippen molar-refractivity contribution in [1.29, 1.82) is 0 Å². The van der Waals surface area contributed by atoms with Crippen molar-refractivity contribution in [3.05, 3.63) is 54.3 Å². The van der Waals surface area contributed by atoms with Crippen LogP contribution in [0.15, 0.2) is 48.7 Å². The molecule has 0 radical (unpaired) electrons. The van der Waals surface area contributed by atoms with E-state index in [2.05, 4.69) is 4.74 Å². The summed E-state index contributed by atoms with van der Waals surface area (Å²) in [5, 5.41) is 8.25. The Balaban J connectivity index is 2.43. The molecule has 1 N–H and O–H groups in total. The summed E-state index contributed by atoms with van der Waals surface area (Å²) < 4.78 is 4.63.